The Bertz CT molecular complexity index is 640. The summed E-state index contributed by atoms with van der Waals surface area (Å²) in [5.41, 5.74) is 1.36. The number of hydrogen-bond acceptors (Lipinski definition) is 4. The van der Waals surface area contributed by atoms with Crippen LogP contribution in [0.25, 0.3) is 0 Å². The summed E-state index contributed by atoms with van der Waals surface area (Å²) < 4.78 is 5.37. The van der Waals surface area contributed by atoms with Gasteiger partial charge in [-0.2, -0.15) is 0 Å². The van der Waals surface area contributed by atoms with Gasteiger partial charge in [0.2, 0.25) is 5.91 Å². The second-order valence-electron chi connectivity index (χ2n) is 6.78. The van der Waals surface area contributed by atoms with E-state index in [9.17, 15) is 9.59 Å². The molecule has 0 saturated carbocycles. The molecule has 0 radical (unpaired) electrons. The highest BCUT2D eigenvalue weighted by molar-refractivity contribution is 5.97. The van der Waals surface area contributed by atoms with Gasteiger partial charge in [0.25, 0.3) is 5.91 Å². The van der Waals surface area contributed by atoms with Crippen molar-refractivity contribution >= 4 is 35.6 Å². The van der Waals surface area contributed by atoms with E-state index in [-0.39, 0.29) is 30.8 Å². The van der Waals surface area contributed by atoms with Crippen LogP contribution in [0.1, 0.15) is 32.1 Å². The van der Waals surface area contributed by atoms with Gasteiger partial charge >= 0.3 is 0 Å². The first-order chi connectivity index (χ1) is 11.2. The Morgan fingerprint density at radius 1 is 1.25 bits per heavy atom. The number of carbonyl (C=O) groups excluding carboxylic acids is 2. The quantitative estimate of drug-likeness (QED) is 0.780. The highest BCUT2D eigenvalue weighted by atomic mass is 35.5. The summed E-state index contributed by atoms with van der Waals surface area (Å²) in [6, 6.07) is 6.52. The monoisotopic (exact) mass is 351 g/mol. The van der Waals surface area contributed by atoms with Crippen LogP contribution in [-0.2, 0) is 9.59 Å². The summed E-state index contributed by atoms with van der Waals surface area (Å²) in [6.07, 6.45) is 5.27. The Kier molecular flexibility index (Phi) is 4.96. The van der Waals surface area contributed by atoms with E-state index in [0.717, 1.165) is 12.8 Å². The number of amides is 2. The van der Waals surface area contributed by atoms with E-state index in [1.165, 1.54) is 12.8 Å². The Labute approximate surface area is 147 Å². The molecule has 0 spiro atoms. The maximum absolute atomic E-state index is 12.3. The third-order valence-corrected chi connectivity index (χ3v) is 4.94. The maximum atomic E-state index is 12.3. The predicted octanol–water partition coefficient (Wildman–Crippen LogP) is 2.30. The van der Waals surface area contributed by atoms with Crippen LogP contribution in [0.3, 0.4) is 0 Å². The normalized spacial score (nSPS) is 27.3. The highest BCUT2D eigenvalue weighted by Crippen LogP contribution is 2.33. The molecular formula is C17H22ClN3O3. The second-order valence-corrected chi connectivity index (χ2v) is 6.78. The molecule has 4 rings (SSSR count). The Hall–Kier alpha value is -1.79. The van der Waals surface area contributed by atoms with Gasteiger partial charge in [-0.25, -0.2) is 0 Å². The molecule has 2 amide bonds. The van der Waals surface area contributed by atoms with E-state index in [1.54, 1.807) is 18.2 Å². The van der Waals surface area contributed by atoms with Gasteiger partial charge in [-0.1, -0.05) is 0 Å². The summed E-state index contributed by atoms with van der Waals surface area (Å²) in [4.78, 5) is 23.5. The number of anilines is 2. The van der Waals surface area contributed by atoms with Crippen LogP contribution in [0, 0.1) is 5.92 Å². The average Bonchev–Trinajstić information content (AvgIpc) is 2.86. The first-order valence-electron chi connectivity index (χ1n) is 8.28. The molecule has 3 aliphatic rings. The number of piperidine rings is 1. The largest absolute Gasteiger partial charge is 0.482 e. The van der Waals surface area contributed by atoms with Gasteiger partial charge in [-0.05, 0) is 43.7 Å². The third-order valence-electron chi connectivity index (χ3n) is 4.94. The summed E-state index contributed by atoms with van der Waals surface area (Å²) >= 11 is 0. The van der Waals surface area contributed by atoms with Crippen molar-refractivity contribution in [2.75, 3.05) is 17.2 Å². The highest BCUT2D eigenvalue weighted by Gasteiger charge is 2.34. The first-order valence-corrected chi connectivity index (χ1v) is 8.28. The molecule has 1 aromatic carbocycles. The van der Waals surface area contributed by atoms with Crippen molar-refractivity contribution in [2.24, 2.45) is 5.92 Å². The molecule has 3 heterocycles. The van der Waals surface area contributed by atoms with Crippen LogP contribution >= 0.6 is 12.4 Å². The zero-order chi connectivity index (χ0) is 15.8. The lowest BCUT2D eigenvalue weighted by Crippen LogP contribution is -2.39. The van der Waals surface area contributed by atoms with Crippen molar-refractivity contribution in [3.8, 4) is 5.75 Å². The SMILES string of the molecule is Cl.O=C(CC1CC2CCC(C1)N2)Nc1ccc2c(c1)OCC(=O)N2. The summed E-state index contributed by atoms with van der Waals surface area (Å²) in [5, 5.41) is 9.29. The molecule has 24 heavy (non-hydrogen) atoms. The second kappa shape index (κ2) is 6.99. The van der Waals surface area contributed by atoms with Gasteiger partial charge in [0.1, 0.15) is 5.75 Å². The Morgan fingerprint density at radius 2 is 2.00 bits per heavy atom. The molecular weight excluding hydrogens is 330 g/mol. The number of ether oxygens (including phenoxy) is 1. The summed E-state index contributed by atoms with van der Waals surface area (Å²) in [5.74, 6) is 0.968. The Morgan fingerprint density at radius 3 is 2.75 bits per heavy atom. The van der Waals surface area contributed by atoms with E-state index in [4.69, 9.17) is 4.74 Å². The lowest BCUT2D eigenvalue weighted by atomic mass is 9.89. The van der Waals surface area contributed by atoms with Gasteiger partial charge < -0.3 is 20.7 Å². The molecule has 0 aliphatic carbocycles. The van der Waals surface area contributed by atoms with Gasteiger partial charge in [0, 0.05) is 30.3 Å². The number of nitrogens with one attached hydrogen (secondary N) is 3. The standard InChI is InChI=1S/C17H21N3O3.ClH/c21-16(7-10-5-11-1-2-12(6-10)18-11)19-13-3-4-14-15(8-13)23-9-17(22)20-14;/h3-4,8,10-12,18H,1-2,5-7,9H2,(H,19,21)(H,20,22);1H. The van der Waals surface area contributed by atoms with Gasteiger partial charge in [-0.15, -0.1) is 12.4 Å². The van der Waals surface area contributed by atoms with E-state index in [2.05, 4.69) is 16.0 Å². The third kappa shape index (κ3) is 3.65. The molecule has 130 valence electrons. The molecule has 0 aromatic heterocycles. The number of benzene rings is 1. The fourth-order valence-corrected chi connectivity index (χ4v) is 3.97. The smallest absolute Gasteiger partial charge is 0.262 e. The molecule has 1 aromatic rings. The summed E-state index contributed by atoms with van der Waals surface area (Å²) in [7, 11) is 0. The van der Waals surface area contributed by atoms with Crippen molar-refractivity contribution in [1.82, 2.24) is 5.32 Å². The van der Waals surface area contributed by atoms with E-state index >= 15 is 0 Å². The molecule has 2 atom stereocenters. The summed E-state index contributed by atoms with van der Waals surface area (Å²) in [6.45, 7) is 0.0161. The number of hydrogen-bond donors (Lipinski definition) is 3. The van der Waals surface area contributed by atoms with Crippen LogP contribution in [0.5, 0.6) is 5.75 Å². The van der Waals surface area contributed by atoms with Crippen LogP contribution in [-0.4, -0.2) is 30.5 Å². The van der Waals surface area contributed by atoms with E-state index < -0.39 is 0 Å². The molecule has 2 unspecified atom stereocenters. The number of carbonyl (C=O) groups is 2. The predicted molar refractivity (Wildman–Crippen MR) is 93.7 cm³/mol. The minimum Gasteiger partial charge on any atom is -0.482 e. The molecule has 7 heteroatoms. The minimum absolute atomic E-state index is 0. The van der Waals surface area contributed by atoms with Crippen molar-refractivity contribution in [3.63, 3.8) is 0 Å². The number of halogens is 1. The molecule has 2 bridgehead atoms. The van der Waals surface area contributed by atoms with Gasteiger partial charge in [0.15, 0.2) is 6.61 Å². The van der Waals surface area contributed by atoms with Crippen molar-refractivity contribution < 1.29 is 14.3 Å². The van der Waals surface area contributed by atoms with E-state index in [0.29, 0.717) is 41.5 Å². The average molecular weight is 352 g/mol. The first kappa shape index (κ1) is 17.0. The number of fused-ring (bicyclic) bond motifs is 3. The lowest BCUT2D eigenvalue weighted by molar-refractivity contribution is -0.119. The van der Waals surface area contributed by atoms with Gasteiger partial charge in [-0.3, -0.25) is 9.59 Å². The zero-order valence-corrected chi connectivity index (χ0v) is 14.2. The van der Waals surface area contributed by atoms with Crippen molar-refractivity contribution in [3.05, 3.63) is 18.2 Å². The Balaban J connectivity index is 0.00000169. The molecule has 6 nitrogen and oxygen atoms in total. The fraction of sp³-hybridized carbons (Fsp3) is 0.529. The maximum Gasteiger partial charge on any atom is 0.262 e. The lowest BCUT2D eigenvalue weighted by Gasteiger charge is -2.28. The van der Waals surface area contributed by atoms with Crippen LogP contribution < -0.4 is 20.7 Å². The van der Waals surface area contributed by atoms with Crippen LogP contribution in [0.2, 0.25) is 0 Å². The van der Waals surface area contributed by atoms with Crippen molar-refractivity contribution in [1.29, 1.82) is 0 Å². The van der Waals surface area contributed by atoms with Crippen molar-refractivity contribution in [2.45, 2.75) is 44.2 Å². The fourth-order valence-electron chi connectivity index (χ4n) is 3.97. The van der Waals surface area contributed by atoms with E-state index in [1.807, 2.05) is 0 Å². The topological polar surface area (TPSA) is 79.5 Å². The zero-order valence-electron chi connectivity index (χ0n) is 13.3. The van der Waals surface area contributed by atoms with Gasteiger partial charge in [0.05, 0.1) is 5.69 Å². The molecule has 2 saturated heterocycles. The van der Waals surface area contributed by atoms with Crippen LogP contribution in [0.4, 0.5) is 11.4 Å². The minimum atomic E-state index is -0.158. The molecule has 2 fully saturated rings. The molecule has 3 N–H and O–H groups in total. The number of rotatable bonds is 3. The molecule has 3 aliphatic heterocycles. The van der Waals surface area contributed by atoms with Crippen LogP contribution in [0.15, 0.2) is 18.2 Å².